The predicted molar refractivity (Wildman–Crippen MR) is 88.6 cm³/mol. The van der Waals surface area contributed by atoms with Gasteiger partial charge in [-0.15, -0.1) is 0 Å². The number of rotatable bonds is 5. The summed E-state index contributed by atoms with van der Waals surface area (Å²) in [6.45, 7) is -0.300. The molecule has 0 saturated heterocycles. The Balaban J connectivity index is 1.80. The summed E-state index contributed by atoms with van der Waals surface area (Å²) in [6, 6.07) is 8.82. The number of hydrogen-bond acceptors (Lipinski definition) is 5. The molecule has 2 rings (SSSR count). The SMILES string of the molecule is O=C(CNc1ccc(C(F)(F)F)cc1)NNC(=O)c1ccc([N+](=O)[O-])cc1. The van der Waals surface area contributed by atoms with Crippen LogP contribution in [-0.2, 0) is 11.0 Å². The molecule has 0 radical (unpaired) electrons. The summed E-state index contributed by atoms with van der Waals surface area (Å²) in [6.07, 6.45) is -4.45. The molecule has 8 nitrogen and oxygen atoms in total. The van der Waals surface area contributed by atoms with Gasteiger partial charge in [-0.2, -0.15) is 13.2 Å². The number of alkyl halides is 3. The zero-order valence-corrected chi connectivity index (χ0v) is 13.5. The Hall–Kier alpha value is -3.63. The van der Waals surface area contributed by atoms with Crippen LogP contribution >= 0.6 is 0 Å². The van der Waals surface area contributed by atoms with E-state index in [-0.39, 0.29) is 17.8 Å². The van der Waals surface area contributed by atoms with Crippen molar-refractivity contribution in [3.63, 3.8) is 0 Å². The topological polar surface area (TPSA) is 113 Å². The first-order valence-electron chi connectivity index (χ1n) is 7.41. The molecule has 0 aromatic heterocycles. The number of amides is 2. The second-order valence-corrected chi connectivity index (χ2v) is 5.23. The van der Waals surface area contributed by atoms with E-state index in [4.69, 9.17) is 0 Å². The minimum absolute atomic E-state index is 0.0941. The zero-order valence-electron chi connectivity index (χ0n) is 13.5. The van der Waals surface area contributed by atoms with Crippen molar-refractivity contribution in [1.82, 2.24) is 10.9 Å². The highest BCUT2D eigenvalue weighted by atomic mass is 19.4. The van der Waals surface area contributed by atoms with Gasteiger partial charge in [-0.05, 0) is 36.4 Å². The molecule has 0 aliphatic carbocycles. The zero-order chi connectivity index (χ0) is 20.0. The van der Waals surface area contributed by atoms with E-state index in [1.807, 2.05) is 0 Å². The average Bonchev–Trinajstić information content (AvgIpc) is 2.64. The average molecular weight is 382 g/mol. The van der Waals surface area contributed by atoms with Crippen molar-refractivity contribution in [1.29, 1.82) is 0 Å². The summed E-state index contributed by atoms with van der Waals surface area (Å²) in [5.74, 6) is -1.34. The molecule has 2 amide bonds. The Morgan fingerprint density at radius 3 is 2.07 bits per heavy atom. The van der Waals surface area contributed by atoms with E-state index in [2.05, 4.69) is 16.2 Å². The number of benzene rings is 2. The molecule has 3 N–H and O–H groups in total. The van der Waals surface area contributed by atoms with Gasteiger partial charge in [-0.3, -0.25) is 30.6 Å². The van der Waals surface area contributed by atoms with E-state index >= 15 is 0 Å². The van der Waals surface area contributed by atoms with Crippen LogP contribution in [0.3, 0.4) is 0 Å². The molecule has 0 saturated carbocycles. The standard InChI is InChI=1S/C16H13F3N4O4/c17-16(18,19)11-3-5-12(6-4-11)20-9-14(24)21-22-15(25)10-1-7-13(8-2-10)23(26)27/h1-8,20H,9H2,(H,21,24)(H,22,25). The molecule has 0 atom stereocenters. The normalized spacial score (nSPS) is 10.8. The molecule has 0 unspecified atom stereocenters. The smallest absolute Gasteiger partial charge is 0.376 e. The van der Waals surface area contributed by atoms with Crippen molar-refractivity contribution in [2.75, 3.05) is 11.9 Å². The maximum atomic E-state index is 12.5. The first-order valence-corrected chi connectivity index (χ1v) is 7.41. The first-order chi connectivity index (χ1) is 12.7. The molecule has 142 valence electrons. The maximum Gasteiger partial charge on any atom is 0.416 e. The third-order valence-electron chi connectivity index (χ3n) is 3.32. The fourth-order valence-corrected chi connectivity index (χ4v) is 1.94. The highest BCUT2D eigenvalue weighted by Crippen LogP contribution is 2.29. The Kier molecular flexibility index (Phi) is 5.96. The number of non-ortho nitro benzene ring substituents is 1. The molecule has 2 aromatic carbocycles. The molecule has 0 spiro atoms. The van der Waals surface area contributed by atoms with Gasteiger partial charge >= 0.3 is 6.18 Å². The molecule has 11 heteroatoms. The monoisotopic (exact) mass is 382 g/mol. The largest absolute Gasteiger partial charge is 0.416 e. The van der Waals surface area contributed by atoms with Crippen LogP contribution in [0.15, 0.2) is 48.5 Å². The summed E-state index contributed by atoms with van der Waals surface area (Å²) in [4.78, 5) is 33.4. The minimum Gasteiger partial charge on any atom is -0.376 e. The number of hydrogen-bond donors (Lipinski definition) is 3. The fourth-order valence-electron chi connectivity index (χ4n) is 1.94. The van der Waals surface area contributed by atoms with Crippen molar-refractivity contribution < 1.29 is 27.7 Å². The third kappa shape index (κ3) is 5.70. The van der Waals surface area contributed by atoms with Gasteiger partial charge in [0.05, 0.1) is 17.0 Å². The predicted octanol–water partition coefficient (Wildman–Crippen LogP) is 2.49. The maximum absolute atomic E-state index is 12.5. The van der Waals surface area contributed by atoms with Gasteiger partial charge in [0.2, 0.25) is 0 Å². The number of anilines is 1. The molecule has 0 aliphatic heterocycles. The van der Waals surface area contributed by atoms with Crippen LogP contribution < -0.4 is 16.2 Å². The van der Waals surface area contributed by atoms with Gasteiger partial charge in [0.25, 0.3) is 17.5 Å². The molecule has 0 aliphatic rings. The second kappa shape index (κ2) is 8.17. The van der Waals surface area contributed by atoms with Crippen LogP contribution in [0.4, 0.5) is 24.5 Å². The lowest BCUT2D eigenvalue weighted by Crippen LogP contribution is -2.44. The van der Waals surface area contributed by atoms with Crippen molar-refractivity contribution in [3.8, 4) is 0 Å². The van der Waals surface area contributed by atoms with E-state index in [9.17, 15) is 32.9 Å². The van der Waals surface area contributed by atoms with Gasteiger partial charge in [-0.25, -0.2) is 0 Å². The molecule has 27 heavy (non-hydrogen) atoms. The molecular weight excluding hydrogens is 369 g/mol. The van der Waals surface area contributed by atoms with E-state index in [1.54, 1.807) is 0 Å². The summed E-state index contributed by atoms with van der Waals surface area (Å²) < 4.78 is 37.4. The van der Waals surface area contributed by atoms with Gasteiger partial charge < -0.3 is 5.32 Å². The number of hydrazine groups is 1. The molecular formula is C16H13F3N4O4. The number of nitro benzene ring substituents is 1. The summed E-state index contributed by atoms with van der Waals surface area (Å²) >= 11 is 0. The molecule has 0 bridgehead atoms. The Morgan fingerprint density at radius 1 is 0.963 bits per heavy atom. The highest BCUT2D eigenvalue weighted by Gasteiger charge is 2.29. The van der Waals surface area contributed by atoms with Crippen LogP contribution in [0.2, 0.25) is 0 Å². The summed E-state index contributed by atoms with van der Waals surface area (Å²) in [7, 11) is 0. The van der Waals surface area contributed by atoms with E-state index in [1.165, 1.54) is 24.3 Å². The third-order valence-corrected chi connectivity index (χ3v) is 3.32. The van der Waals surface area contributed by atoms with Crippen LogP contribution in [0.25, 0.3) is 0 Å². The van der Waals surface area contributed by atoms with Crippen molar-refractivity contribution >= 4 is 23.2 Å². The first kappa shape index (κ1) is 19.7. The highest BCUT2D eigenvalue weighted by molar-refractivity contribution is 5.95. The van der Waals surface area contributed by atoms with Gasteiger partial charge in [0.15, 0.2) is 0 Å². The number of halogens is 3. The number of carbonyl (C=O) groups excluding carboxylic acids is 2. The molecule has 0 heterocycles. The Bertz CT molecular complexity index is 836. The Morgan fingerprint density at radius 2 is 1.56 bits per heavy atom. The van der Waals surface area contributed by atoms with E-state index in [0.29, 0.717) is 5.69 Å². The number of nitrogens with zero attached hydrogens (tertiary/aromatic N) is 1. The van der Waals surface area contributed by atoms with Crippen molar-refractivity contribution in [3.05, 3.63) is 69.8 Å². The molecule has 2 aromatic rings. The quantitative estimate of drug-likeness (QED) is 0.543. The summed E-state index contributed by atoms with van der Waals surface area (Å²) in [5, 5.41) is 13.1. The number of carbonyl (C=O) groups is 2. The van der Waals surface area contributed by atoms with Gasteiger partial charge in [-0.1, -0.05) is 0 Å². The van der Waals surface area contributed by atoms with Crippen LogP contribution in [0.1, 0.15) is 15.9 Å². The van der Waals surface area contributed by atoms with E-state index in [0.717, 1.165) is 24.3 Å². The van der Waals surface area contributed by atoms with Gasteiger partial charge in [0, 0.05) is 23.4 Å². The fraction of sp³-hybridized carbons (Fsp3) is 0.125. The van der Waals surface area contributed by atoms with Gasteiger partial charge in [0.1, 0.15) is 0 Å². The van der Waals surface area contributed by atoms with Crippen LogP contribution in [0.5, 0.6) is 0 Å². The van der Waals surface area contributed by atoms with Crippen LogP contribution in [0, 0.1) is 10.1 Å². The lowest BCUT2D eigenvalue weighted by molar-refractivity contribution is -0.384. The van der Waals surface area contributed by atoms with Crippen molar-refractivity contribution in [2.45, 2.75) is 6.18 Å². The number of nitrogens with one attached hydrogen (secondary N) is 3. The Labute approximate surface area is 150 Å². The second-order valence-electron chi connectivity index (χ2n) is 5.23. The summed E-state index contributed by atoms with van der Waals surface area (Å²) in [5.41, 5.74) is 3.61. The van der Waals surface area contributed by atoms with Crippen LogP contribution in [-0.4, -0.2) is 23.3 Å². The molecule has 0 fully saturated rings. The van der Waals surface area contributed by atoms with E-state index < -0.39 is 28.5 Å². The minimum atomic E-state index is -4.45. The lowest BCUT2D eigenvalue weighted by Gasteiger charge is -2.10. The van der Waals surface area contributed by atoms with Crippen molar-refractivity contribution in [2.24, 2.45) is 0 Å². The lowest BCUT2D eigenvalue weighted by atomic mass is 10.2. The number of nitro groups is 1.